The third kappa shape index (κ3) is 4.81. The Labute approximate surface area is 142 Å². The highest BCUT2D eigenvalue weighted by Crippen LogP contribution is 2.26. The van der Waals surface area contributed by atoms with Crippen LogP contribution in [0.5, 0.6) is 0 Å². The lowest BCUT2D eigenvalue weighted by atomic mass is 10.2. The summed E-state index contributed by atoms with van der Waals surface area (Å²) in [4.78, 5) is 3.92. The van der Waals surface area contributed by atoms with E-state index in [1.807, 2.05) is 11.3 Å². The standard InChI is InChI=1S/C15H20N2OS.2ClH/c16-6-5-13-10-17(7-8-18-13)11-14-9-12-3-1-2-4-15(12)19-14;;/h1-4,9,13H,5-8,10-11,16H2;2*1H. The molecule has 21 heavy (non-hydrogen) atoms. The van der Waals surface area contributed by atoms with Gasteiger partial charge in [-0.05, 0) is 30.5 Å². The lowest BCUT2D eigenvalue weighted by Crippen LogP contribution is -2.42. The van der Waals surface area contributed by atoms with Gasteiger partial charge < -0.3 is 10.5 Å². The number of hydrogen-bond acceptors (Lipinski definition) is 4. The fraction of sp³-hybridized carbons (Fsp3) is 0.467. The van der Waals surface area contributed by atoms with Gasteiger partial charge in [0, 0.05) is 29.2 Å². The van der Waals surface area contributed by atoms with Gasteiger partial charge in [0.1, 0.15) is 0 Å². The monoisotopic (exact) mass is 348 g/mol. The first-order valence-corrected chi connectivity index (χ1v) is 7.68. The van der Waals surface area contributed by atoms with Crippen LogP contribution in [0.1, 0.15) is 11.3 Å². The van der Waals surface area contributed by atoms with Crippen LogP contribution >= 0.6 is 36.2 Å². The number of thiophene rings is 1. The molecule has 2 N–H and O–H groups in total. The van der Waals surface area contributed by atoms with Crippen molar-refractivity contribution in [2.24, 2.45) is 5.73 Å². The Morgan fingerprint density at radius 1 is 1.29 bits per heavy atom. The minimum Gasteiger partial charge on any atom is -0.376 e. The molecule has 1 aliphatic heterocycles. The summed E-state index contributed by atoms with van der Waals surface area (Å²) < 4.78 is 7.11. The lowest BCUT2D eigenvalue weighted by Gasteiger charge is -2.32. The highest BCUT2D eigenvalue weighted by Gasteiger charge is 2.20. The summed E-state index contributed by atoms with van der Waals surface area (Å²) >= 11 is 1.90. The number of rotatable bonds is 4. The molecule has 118 valence electrons. The van der Waals surface area contributed by atoms with Crippen LogP contribution < -0.4 is 5.73 Å². The van der Waals surface area contributed by atoms with Gasteiger partial charge in [-0.25, -0.2) is 0 Å². The van der Waals surface area contributed by atoms with Crippen LogP contribution in [0.4, 0.5) is 0 Å². The van der Waals surface area contributed by atoms with Crippen molar-refractivity contribution in [1.82, 2.24) is 4.90 Å². The van der Waals surface area contributed by atoms with Gasteiger partial charge in [-0.3, -0.25) is 4.90 Å². The van der Waals surface area contributed by atoms with Crippen molar-refractivity contribution in [2.45, 2.75) is 19.1 Å². The first kappa shape index (κ1) is 18.7. The van der Waals surface area contributed by atoms with Gasteiger partial charge >= 0.3 is 0 Å². The van der Waals surface area contributed by atoms with Crippen molar-refractivity contribution in [3.8, 4) is 0 Å². The predicted molar refractivity (Wildman–Crippen MR) is 95.0 cm³/mol. The average molecular weight is 349 g/mol. The summed E-state index contributed by atoms with van der Waals surface area (Å²) in [6.45, 7) is 4.60. The van der Waals surface area contributed by atoms with Gasteiger partial charge in [-0.2, -0.15) is 0 Å². The molecule has 3 rings (SSSR count). The Hall–Kier alpha value is -0.360. The largest absolute Gasteiger partial charge is 0.376 e. The zero-order valence-corrected chi connectivity index (χ0v) is 14.3. The first-order valence-electron chi connectivity index (χ1n) is 6.86. The molecule has 1 atom stereocenters. The van der Waals surface area contributed by atoms with Crippen LogP contribution in [0.15, 0.2) is 30.3 Å². The van der Waals surface area contributed by atoms with Crippen molar-refractivity contribution in [2.75, 3.05) is 26.2 Å². The number of benzene rings is 1. The van der Waals surface area contributed by atoms with E-state index in [0.717, 1.165) is 32.7 Å². The van der Waals surface area contributed by atoms with Crippen LogP contribution in [-0.4, -0.2) is 37.2 Å². The van der Waals surface area contributed by atoms with Crippen molar-refractivity contribution in [3.63, 3.8) is 0 Å². The number of morpholine rings is 1. The summed E-state index contributed by atoms with van der Waals surface area (Å²) in [5.74, 6) is 0. The number of ether oxygens (including phenoxy) is 1. The van der Waals surface area contributed by atoms with Gasteiger partial charge in [-0.15, -0.1) is 36.2 Å². The van der Waals surface area contributed by atoms with E-state index in [1.165, 1.54) is 15.0 Å². The molecule has 6 heteroatoms. The average Bonchev–Trinajstić information content (AvgIpc) is 2.81. The highest BCUT2D eigenvalue weighted by molar-refractivity contribution is 7.19. The Bertz CT molecular complexity index is 514. The number of hydrogen-bond donors (Lipinski definition) is 1. The summed E-state index contributed by atoms with van der Waals surface area (Å²) in [5.41, 5.74) is 5.61. The van der Waals surface area contributed by atoms with Crippen molar-refractivity contribution < 1.29 is 4.74 Å². The van der Waals surface area contributed by atoms with Crippen molar-refractivity contribution in [1.29, 1.82) is 0 Å². The van der Waals surface area contributed by atoms with E-state index in [2.05, 4.69) is 35.2 Å². The fourth-order valence-corrected chi connectivity index (χ4v) is 3.73. The quantitative estimate of drug-likeness (QED) is 0.921. The van der Waals surface area contributed by atoms with E-state index >= 15 is 0 Å². The van der Waals surface area contributed by atoms with E-state index in [4.69, 9.17) is 10.5 Å². The molecule has 3 nitrogen and oxygen atoms in total. The second-order valence-electron chi connectivity index (χ2n) is 5.06. The molecule has 0 aliphatic carbocycles. The molecular formula is C15H22Cl2N2OS. The molecule has 1 aromatic carbocycles. The first-order chi connectivity index (χ1) is 9.35. The maximum absolute atomic E-state index is 5.73. The molecule has 1 saturated heterocycles. The van der Waals surface area contributed by atoms with Crippen molar-refractivity contribution in [3.05, 3.63) is 35.2 Å². The van der Waals surface area contributed by atoms with Crippen LogP contribution in [-0.2, 0) is 11.3 Å². The van der Waals surface area contributed by atoms with Gasteiger partial charge in [0.25, 0.3) is 0 Å². The SMILES string of the molecule is Cl.Cl.NCCC1CN(Cc2cc3ccccc3s2)CCO1. The number of nitrogens with zero attached hydrogens (tertiary/aromatic N) is 1. The molecular weight excluding hydrogens is 327 g/mol. The lowest BCUT2D eigenvalue weighted by molar-refractivity contribution is -0.0332. The summed E-state index contributed by atoms with van der Waals surface area (Å²) in [6.07, 6.45) is 1.27. The topological polar surface area (TPSA) is 38.5 Å². The van der Waals surface area contributed by atoms with Crippen LogP contribution in [0.3, 0.4) is 0 Å². The van der Waals surface area contributed by atoms with E-state index in [9.17, 15) is 0 Å². The molecule has 0 saturated carbocycles. The minimum absolute atomic E-state index is 0. The molecule has 1 unspecified atom stereocenters. The number of nitrogens with two attached hydrogens (primary N) is 1. The second-order valence-corrected chi connectivity index (χ2v) is 6.22. The summed E-state index contributed by atoms with van der Waals surface area (Å²) in [6, 6.07) is 10.9. The molecule has 1 aliphatic rings. The Kier molecular flexibility index (Phi) is 7.95. The second kappa shape index (κ2) is 8.93. The van der Waals surface area contributed by atoms with Crippen LogP contribution in [0, 0.1) is 0 Å². The molecule has 0 amide bonds. The summed E-state index contributed by atoms with van der Waals surface area (Å²) in [5, 5.41) is 1.36. The van der Waals surface area contributed by atoms with E-state index in [-0.39, 0.29) is 24.8 Å². The smallest absolute Gasteiger partial charge is 0.0714 e. The molecule has 2 aromatic rings. The molecule has 0 spiro atoms. The normalized spacial score (nSPS) is 19.0. The Morgan fingerprint density at radius 3 is 2.86 bits per heavy atom. The number of fused-ring (bicyclic) bond motifs is 1. The Balaban J connectivity index is 0.00000110. The maximum atomic E-state index is 5.73. The molecule has 1 aromatic heterocycles. The maximum Gasteiger partial charge on any atom is 0.0714 e. The zero-order valence-electron chi connectivity index (χ0n) is 11.9. The molecule has 1 fully saturated rings. The van der Waals surface area contributed by atoms with Gasteiger partial charge in [0.05, 0.1) is 12.7 Å². The van der Waals surface area contributed by atoms with Crippen LogP contribution in [0.2, 0.25) is 0 Å². The van der Waals surface area contributed by atoms with Gasteiger partial charge in [0.2, 0.25) is 0 Å². The van der Waals surface area contributed by atoms with Crippen molar-refractivity contribution >= 4 is 46.2 Å². The Morgan fingerprint density at radius 2 is 2.10 bits per heavy atom. The van der Waals surface area contributed by atoms with Crippen LogP contribution in [0.25, 0.3) is 10.1 Å². The highest BCUT2D eigenvalue weighted by atomic mass is 35.5. The minimum atomic E-state index is 0. The predicted octanol–water partition coefficient (Wildman–Crippen LogP) is 3.29. The third-order valence-corrected chi connectivity index (χ3v) is 4.67. The third-order valence-electron chi connectivity index (χ3n) is 3.57. The summed E-state index contributed by atoms with van der Waals surface area (Å²) in [7, 11) is 0. The zero-order chi connectivity index (χ0) is 13.1. The molecule has 2 heterocycles. The fourth-order valence-electron chi connectivity index (χ4n) is 2.62. The van der Waals surface area contributed by atoms with E-state index in [0.29, 0.717) is 12.6 Å². The number of halogens is 2. The van der Waals surface area contributed by atoms with E-state index < -0.39 is 0 Å². The van der Waals surface area contributed by atoms with Gasteiger partial charge in [-0.1, -0.05) is 18.2 Å². The molecule has 0 bridgehead atoms. The molecule has 0 radical (unpaired) electrons. The van der Waals surface area contributed by atoms with E-state index in [1.54, 1.807) is 0 Å². The van der Waals surface area contributed by atoms with Gasteiger partial charge in [0.15, 0.2) is 0 Å².